The number of ether oxygens (including phenoxy) is 1. The highest BCUT2D eigenvalue weighted by molar-refractivity contribution is 7.80. The minimum Gasteiger partial charge on any atom is -0.497 e. The first-order valence-electron chi connectivity index (χ1n) is 7.11. The summed E-state index contributed by atoms with van der Waals surface area (Å²) in [6.07, 6.45) is 6.77. The third kappa shape index (κ3) is 4.86. The van der Waals surface area contributed by atoms with Gasteiger partial charge in [-0.05, 0) is 55.3 Å². The van der Waals surface area contributed by atoms with E-state index in [1.165, 1.54) is 12.5 Å². The number of likely N-dealkylation sites (tertiary alicyclic amines) is 1. The predicted molar refractivity (Wildman–Crippen MR) is 88.2 cm³/mol. The van der Waals surface area contributed by atoms with E-state index in [9.17, 15) is 4.79 Å². The van der Waals surface area contributed by atoms with Crippen LogP contribution in [0.5, 0.6) is 5.75 Å². The van der Waals surface area contributed by atoms with Gasteiger partial charge in [0.2, 0.25) is 5.91 Å². The second kappa shape index (κ2) is 7.78. The molecule has 2 rings (SSSR count). The van der Waals surface area contributed by atoms with E-state index in [-0.39, 0.29) is 5.91 Å². The average molecular weight is 304 g/mol. The summed E-state index contributed by atoms with van der Waals surface area (Å²) in [5.74, 6) is 0.601. The summed E-state index contributed by atoms with van der Waals surface area (Å²) in [6.45, 7) is 1.86. The van der Waals surface area contributed by atoms with Crippen LogP contribution < -0.4 is 10.1 Å². The zero-order chi connectivity index (χ0) is 15.1. The molecule has 4 nitrogen and oxygen atoms in total. The maximum atomic E-state index is 11.9. The van der Waals surface area contributed by atoms with Gasteiger partial charge in [0.05, 0.1) is 7.11 Å². The lowest BCUT2D eigenvalue weighted by molar-refractivity contribution is -0.115. The van der Waals surface area contributed by atoms with Crippen LogP contribution in [0, 0.1) is 0 Å². The third-order valence-electron chi connectivity index (χ3n) is 3.42. The van der Waals surface area contributed by atoms with Gasteiger partial charge in [0.15, 0.2) is 5.11 Å². The van der Waals surface area contributed by atoms with Crippen LogP contribution in [0.4, 0.5) is 0 Å². The fourth-order valence-electron chi connectivity index (χ4n) is 2.21. The molecule has 1 fully saturated rings. The van der Waals surface area contributed by atoms with E-state index in [1.54, 1.807) is 13.2 Å². The van der Waals surface area contributed by atoms with E-state index in [0.717, 1.165) is 37.2 Å². The quantitative estimate of drug-likeness (QED) is 0.688. The number of carbonyl (C=O) groups excluding carboxylic acids is 1. The second-order valence-electron chi connectivity index (χ2n) is 4.95. The van der Waals surface area contributed by atoms with Crippen molar-refractivity contribution >= 4 is 29.3 Å². The van der Waals surface area contributed by atoms with Crippen molar-refractivity contribution in [1.29, 1.82) is 0 Å². The molecule has 1 saturated heterocycles. The average Bonchev–Trinajstić information content (AvgIpc) is 2.54. The number of amides is 1. The molecule has 0 unspecified atom stereocenters. The van der Waals surface area contributed by atoms with E-state index in [1.807, 2.05) is 24.3 Å². The summed E-state index contributed by atoms with van der Waals surface area (Å²) < 4.78 is 5.09. The largest absolute Gasteiger partial charge is 0.497 e. The van der Waals surface area contributed by atoms with E-state index in [2.05, 4.69) is 10.2 Å². The monoisotopic (exact) mass is 304 g/mol. The Morgan fingerprint density at radius 2 is 1.90 bits per heavy atom. The molecule has 1 heterocycles. The van der Waals surface area contributed by atoms with Crippen LogP contribution in [0.15, 0.2) is 30.3 Å². The number of nitrogens with zero attached hydrogens (tertiary/aromatic N) is 1. The van der Waals surface area contributed by atoms with Crippen LogP contribution in [0.3, 0.4) is 0 Å². The normalized spacial score (nSPS) is 15.0. The smallest absolute Gasteiger partial charge is 0.250 e. The molecule has 5 heteroatoms. The molecule has 1 aromatic carbocycles. The number of methoxy groups -OCH3 is 1. The Morgan fingerprint density at radius 3 is 2.52 bits per heavy atom. The van der Waals surface area contributed by atoms with Crippen molar-refractivity contribution in [2.45, 2.75) is 19.3 Å². The highest BCUT2D eigenvalue weighted by Gasteiger charge is 2.14. The number of thiocarbonyl (C=S) groups is 1. The summed E-state index contributed by atoms with van der Waals surface area (Å²) in [5, 5.41) is 3.28. The van der Waals surface area contributed by atoms with Crippen molar-refractivity contribution in [2.75, 3.05) is 20.2 Å². The molecule has 1 aromatic rings. The molecule has 1 aliphatic heterocycles. The minimum absolute atomic E-state index is 0.193. The van der Waals surface area contributed by atoms with Crippen LogP contribution in [-0.2, 0) is 4.79 Å². The van der Waals surface area contributed by atoms with Crippen molar-refractivity contribution < 1.29 is 9.53 Å². The molecular formula is C16H20N2O2S. The van der Waals surface area contributed by atoms with Gasteiger partial charge in [0.1, 0.15) is 5.75 Å². The minimum atomic E-state index is -0.193. The Morgan fingerprint density at radius 1 is 1.24 bits per heavy atom. The van der Waals surface area contributed by atoms with Crippen LogP contribution >= 0.6 is 12.2 Å². The van der Waals surface area contributed by atoms with Gasteiger partial charge in [-0.25, -0.2) is 0 Å². The Labute approximate surface area is 130 Å². The molecule has 0 aromatic heterocycles. The molecule has 0 atom stereocenters. The number of carbonyl (C=O) groups is 1. The molecule has 0 aliphatic carbocycles. The van der Waals surface area contributed by atoms with Crippen LogP contribution in [0.1, 0.15) is 24.8 Å². The lowest BCUT2D eigenvalue weighted by Gasteiger charge is -2.28. The lowest BCUT2D eigenvalue weighted by atomic mass is 10.1. The zero-order valence-electron chi connectivity index (χ0n) is 12.2. The van der Waals surface area contributed by atoms with Crippen LogP contribution in [-0.4, -0.2) is 36.1 Å². The first kappa shape index (κ1) is 15.5. The molecule has 0 bridgehead atoms. The van der Waals surface area contributed by atoms with Crippen molar-refractivity contribution in [3.05, 3.63) is 35.9 Å². The predicted octanol–water partition coefficient (Wildman–Crippen LogP) is 2.60. The summed E-state index contributed by atoms with van der Waals surface area (Å²) in [6, 6.07) is 7.50. The Bertz CT molecular complexity index is 520. The number of nitrogens with one attached hydrogen (secondary N) is 1. The number of hydrogen-bond donors (Lipinski definition) is 1. The number of rotatable bonds is 3. The van der Waals surface area contributed by atoms with E-state index >= 15 is 0 Å². The summed E-state index contributed by atoms with van der Waals surface area (Å²) in [4.78, 5) is 13.9. The van der Waals surface area contributed by atoms with E-state index in [0.29, 0.717) is 5.11 Å². The van der Waals surface area contributed by atoms with E-state index < -0.39 is 0 Å². The fourth-order valence-corrected chi connectivity index (χ4v) is 2.49. The first-order chi connectivity index (χ1) is 10.2. The van der Waals surface area contributed by atoms with Crippen molar-refractivity contribution in [3.8, 4) is 5.75 Å². The molecule has 1 aliphatic rings. The maximum Gasteiger partial charge on any atom is 0.250 e. The zero-order valence-corrected chi connectivity index (χ0v) is 13.0. The van der Waals surface area contributed by atoms with Gasteiger partial charge < -0.3 is 9.64 Å². The Hall–Kier alpha value is -1.88. The SMILES string of the molecule is COc1ccc(/C=C/C(=O)NC(=S)N2CCCCC2)cc1. The van der Waals surface area contributed by atoms with Crippen molar-refractivity contribution in [1.82, 2.24) is 10.2 Å². The molecule has 112 valence electrons. The Balaban J connectivity index is 1.85. The molecule has 1 N–H and O–H groups in total. The third-order valence-corrected chi connectivity index (χ3v) is 3.78. The van der Waals surface area contributed by atoms with Gasteiger partial charge in [-0.1, -0.05) is 12.1 Å². The van der Waals surface area contributed by atoms with Crippen molar-refractivity contribution in [2.24, 2.45) is 0 Å². The highest BCUT2D eigenvalue weighted by Crippen LogP contribution is 2.12. The van der Waals surface area contributed by atoms with E-state index in [4.69, 9.17) is 17.0 Å². The van der Waals surface area contributed by atoms with Gasteiger partial charge in [-0.2, -0.15) is 0 Å². The first-order valence-corrected chi connectivity index (χ1v) is 7.52. The van der Waals surface area contributed by atoms with Gasteiger partial charge >= 0.3 is 0 Å². The molecule has 21 heavy (non-hydrogen) atoms. The summed E-state index contributed by atoms with van der Waals surface area (Å²) in [5.41, 5.74) is 0.940. The van der Waals surface area contributed by atoms with Gasteiger partial charge in [-0.15, -0.1) is 0 Å². The second-order valence-corrected chi connectivity index (χ2v) is 5.34. The molecule has 1 amide bonds. The summed E-state index contributed by atoms with van der Waals surface area (Å²) >= 11 is 5.26. The fraction of sp³-hybridized carbons (Fsp3) is 0.375. The highest BCUT2D eigenvalue weighted by atomic mass is 32.1. The molecule has 0 spiro atoms. The van der Waals surface area contributed by atoms with Crippen LogP contribution in [0.2, 0.25) is 0 Å². The van der Waals surface area contributed by atoms with Gasteiger partial charge in [0, 0.05) is 19.2 Å². The van der Waals surface area contributed by atoms with Crippen molar-refractivity contribution in [3.63, 3.8) is 0 Å². The topological polar surface area (TPSA) is 41.6 Å². The van der Waals surface area contributed by atoms with Gasteiger partial charge in [0.25, 0.3) is 0 Å². The standard InChI is InChI=1S/C16H20N2O2S/c1-20-14-8-5-13(6-9-14)7-10-15(19)17-16(21)18-11-3-2-4-12-18/h5-10H,2-4,11-12H2,1H3,(H,17,19,21)/b10-7+. The molecular weight excluding hydrogens is 284 g/mol. The van der Waals surface area contributed by atoms with Crippen LogP contribution in [0.25, 0.3) is 6.08 Å². The van der Waals surface area contributed by atoms with Gasteiger partial charge in [-0.3, -0.25) is 10.1 Å². The molecule has 0 saturated carbocycles. The number of hydrogen-bond acceptors (Lipinski definition) is 3. The maximum absolute atomic E-state index is 11.9. The lowest BCUT2D eigenvalue weighted by Crippen LogP contribution is -2.44. The summed E-state index contributed by atoms with van der Waals surface area (Å²) in [7, 11) is 1.62. The Kier molecular flexibility index (Phi) is 5.75. The number of benzene rings is 1. The molecule has 0 radical (unpaired) electrons. The number of piperidine rings is 1.